The van der Waals surface area contributed by atoms with Crippen molar-refractivity contribution in [3.8, 4) is 0 Å². The quantitative estimate of drug-likeness (QED) is 0.809. The summed E-state index contributed by atoms with van der Waals surface area (Å²) in [6.07, 6.45) is 6.68. The molecule has 2 fully saturated rings. The molecule has 0 bridgehead atoms. The molecule has 0 aromatic heterocycles. The second-order valence-corrected chi connectivity index (χ2v) is 6.92. The molecule has 25 heavy (non-hydrogen) atoms. The first kappa shape index (κ1) is 17.5. The van der Waals surface area contributed by atoms with Crippen LogP contribution in [-0.4, -0.2) is 26.2 Å². The third-order valence-corrected chi connectivity index (χ3v) is 4.98. The minimum Gasteiger partial charge on any atom is -0.399 e. The second-order valence-electron chi connectivity index (χ2n) is 6.92. The van der Waals surface area contributed by atoms with Crippen LogP contribution < -0.4 is 21.3 Å². The van der Waals surface area contributed by atoms with Gasteiger partial charge in [0.15, 0.2) is 0 Å². The van der Waals surface area contributed by atoms with Crippen molar-refractivity contribution in [1.82, 2.24) is 0 Å². The van der Waals surface area contributed by atoms with Gasteiger partial charge in [-0.15, -0.1) is 0 Å². The Bertz CT molecular complexity index is 624. The first-order valence-electron chi connectivity index (χ1n) is 9.43. The van der Waals surface area contributed by atoms with E-state index >= 15 is 0 Å². The predicted molar refractivity (Wildman–Crippen MR) is 109 cm³/mol. The van der Waals surface area contributed by atoms with Gasteiger partial charge in [-0.3, -0.25) is 0 Å². The molecule has 4 heteroatoms. The van der Waals surface area contributed by atoms with Crippen LogP contribution in [0.5, 0.6) is 0 Å². The van der Waals surface area contributed by atoms with Crippen molar-refractivity contribution in [2.45, 2.75) is 32.1 Å². The second kappa shape index (κ2) is 8.65. The highest BCUT2D eigenvalue weighted by Crippen LogP contribution is 2.21. The van der Waals surface area contributed by atoms with Crippen molar-refractivity contribution in [3.05, 3.63) is 48.5 Å². The molecule has 0 radical (unpaired) electrons. The summed E-state index contributed by atoms with van der Waals surface area (Å²) in [4.78, 5) is 4.84. The van der Waals surface area contributed by atoms with Gasteiger partial charge in [0.25, 0.3) is 0 Å². The maximum absolute atomic E-state index is 5.64. The van der Waals surface area contributed by atoms with Crippen molar-refractivity contribution >= 4 is 22.7 Å². The molecule has 2 heterocycles. The molecule has 2 aliphatic rings. The maximum Gasteiger partial charge on any atom is 0.0367 e. The van der Waals surface area contributed by atoms with Crippen LogP contribution in [-0.2, 0) is 0 Å². The van der Waals surface area contributed by atoms with Gasteiger partial charge in [0.2, 0.25) is 0 Å². The number of nitrogens with zero attached hydrogens (tertiary/aromatic N) is 2. The summed E-state index contributed by atoms with van der Waals surface area (Å²) in [5.41, 5.74) is 15.6. The molecule has 0 unspecified atom stereocenters. The summed E-state index contributed by atoms with van der Waals surface area (Å²) < 4.78 is 0. The molecule has 0 amide bonds. The summed E-state index contributed by atoms with van der Waals surface area (Å²) in [5, 5.41) is 0. The van der Waals surface area contributed by atoms with Crippen molar-refractivity contribution in [2.24, 2.45) is 0 Å². The van der Waals surface area contributed by atoms with Crippen LogP contribution in [0.2, 0.25) is 0 Å². The van der Waals surface area contributed by atoms with Crippen LogP contribution in [0.25, 0.3) is 0 Å². The van der Waals surface area contributed by atoms with E-state index in [0.717, 1.165) is 11.4 Å². The fourth-order valence-electron chi connectivity index (χ4n) is 3.50. The first-order valence-corrected chi connectivity index (χ1v) is 9.43. The molecule has 2 saturated heterocycles. The predicted octanol–water partition coefficient (Wildman–Crippen LogP) is 4.13. The Balaban J connectivity index is 0.000000146. The number of benzene rings is 2. The smallest absolute Gasteiger partial charge is 0.0367 e. The van der Waals surface area contributed by atoms with Gasteiger partial charge >= 0.3 is 0 Å². The highest BCUT2D eigenvalue weighted by Gasteiger charge is 2.11. The molecule has 2 aliphatic heterocycles. The average molecular weight is 338 g/mol. The van der Waals surface area contributed by atoms with Crippen LogP contribution in [0.4, 0.5) is 22.7 Å². The van der Waals surface area contributed by atoms with E-state index in [4.69, 9.17) is 11.5 Å². The lowest BCUT2D eigenvalue weighted by Gasteiger charge is -2.28. The summed E-state index contributed by atoms with van der Waals surface area (Å²) in [7, 11) is 0. The Kier molecular flexibility index (Phi) is 6.04. The highest BCUT2D eigenvalue weighted by atomic mass is 15.1. The third kappa shape index (κ3) is 5.05. The van der Waals surface area contributed by atoms with Gasteiger partial charge in [-0.2, -0.15) is 0 Å². The minimum absolute atomic E-state index is 0.845. The zero-order valence-corrected chi connectivity index (χ0v) is 15.0. The summed E-state index contributed by atoms with van der Waals surface area (Å²) in [6.45, 7) is 4.79. The van der Waals surface area contributed by atoms with Gasteiger partial charge in [-0.05, 0) is 80.6 Å². The van der Waals surface area contributed by atoms with Crippen LogP contribution in [0.15, 0.2) is 48.5 Å². The fraction of sp³-hybridized carbons (Fsp3) is 0.429. The van der Waals surface area contributed by atoms with Crippen molar-refractivity contribution < 1.29 is 0 Å². The number of nitrogen functional groups attached to an aromatic ring is 2. The molecule has 4 N–H and O–H groups in total. The van der Waals surface area contributed by atoms with E-state index in [1.165, 1.54) is 69.7 Å². The van der Waals surface area contributed by atoms with Gasteiger partial charge in [0, 0.05) is 48.9 Å². The van der Waals surface area contributed by atoms with E-state index in [2.05, 4.69) is 34.1 Å². The third-order valence-electron chi connectivity index (χ3n) is 4.98. The molecule has 2 aromatic rings. The van der Waals surface area contributed by atoms with E-state index in [1.807, 2.05) is 24.3 Å². The number of piperidine rings is 1. The highest BCUT2D eigenvalue weighted by molar-refractivity contribution is 5.54. The number of anilines is 4. The fourth-order valence-corrected chi connectivity index (χ4v) is 3.50. The zero-order chi connectivity index (χ0) is 17.5. The molecular weight excluding hydrogens is 308 g/mol. The molecule has 0 aliphatic carbocycles. The lowest BCUT2D eigenvalue weighted by Crippen LogP contribution is -2.29. The van der Waals surface area contributed by atoms with E-state index in [0.29, 0.717) is 0 Å². The van der Waals surface area contributed by atoms with Gasteiger partial charge in [0.1, 0.15) is 0 Å². The van der Waals surface area contributed by atoms with Crippen LogP contribution >= 0.6 is 0 Å². The van der Waals surface area contributed by atoms with Gasteiger partial charge in [0.05, 0.1) is 0 Å². The number of hydrogen-bond donors (Lipinski definition) is 2. The summed E-state index contributed by atoms with van der Waals surface area (Å²) in [6, 6.07) is 16.3. The Morgan fingerprint density at radius 1 is 0.480 bits per heavy atom. The van der Waals surface area contributed by atoms with Gasteiger partial charge < -0.3 is 21.3 Å². The van der Waals surface area contributed by atoms with Crippen LogP contribution in [0.3, 0.4) is 0 Å². The topological polar surface area (TPSA) is 58.5 Å². The minimum atomic E-state index is 0.845. The standard InChI is InChI=1S/C11H16N2.C10H14N2/c12-10-4-6-11(7-5-10)13-8-2-1-3-9-13;11-9-3-5-10(6-4-9)12-7-1-2-8-12/h4-7H,1-3,8-9,12H2;3-6H,1-2,7-8,11H2. The Morgan fingerprint density at radius 3 is 1.16 bits per heavy atom. The maximum atomic E-state index is 5.64. The normalized spacial score (nSPS) is 17.1. The lowest BCUT2D eigenvalue weighted by molar-refractivity contribution is 0.578. The van der Waals surface area contributed by atoms with Gasteiger partial charge in [-0.25, -0.2) is 0 Å². The van der Waals surface area contributed by atoms with Crippen molar-refractivity contribution in [2.75, 3.05) is 47.4 Å². The number of hydrogen-bond acceptors (Lipinski definition) is 4. The molecule has 4 rings (SSSR count). The van der Waals surface area contributed by atoms with E-state index in [1.54, 1.807) is 0 Å². The Morgan fingerprint density at radius 2 is 0.800 bits per heavy atom. The van der Waals surface area contributed by atoms with E-state index in [-0.39, 0.29) is 0 Å². The first-order chi connectivity index (χ1) is 12.2. The van der Waals surface area contributed by atoms with Crippen molar-refractivity contribution in [1.29, 1.82) is 0 Å². The van der Waals surface area contributed by atoms with Crippen LogP contribution in [0.1, 0.15) is 32.1 Å². The molecule has 0 spiro atoms. The largest absolute Gasteiger partial charge is 0.399 e. The molecule has 4 nitrogen and oxygen atoms in total. The monoisotopic (exact) mass is 338 g/mol. The molecule has 2 aromatic carbocycles. The molecule has 0 atom stereocenters. The zero-order valence-electron chi connectivity index (χ0n) is 15.0. The molecular formula is C21H30N4. The summed E-state index contributed by atoms with van der Waals surface area (Å²) >= 11 is 0. The SMILES string of the molecule is Nc1ccc(N2CCCC2)cc1.Nc1ccc(N2CCCCC2)cc1. The van der Waals surface area contributed by atoms with Gasteiger partial charge in [-0.1, -0.05) is 0 Å². The van der Waals surface area contributed by atoms with E-state index < -0.39 is 0 Å². The Hall–Kier alpha value is -2.36. The molecule has 134 valence electrons. The summed E-state index contributed by atoms with van der Waals surface area (Å²) in [5.74, 6) is 0. The average Bonchev–Trinajstić information content (AvgIpc) is 3.19. The number of rotatable bonds is 2. The van der Waals surface area contributed by atoms with Crippen LogP contribution in [0, 0.1) is 0 Å². The van der Waals surface area contributed by atoms with E-state index in [9.17, 15) is 0 Å². The van der Waals surface area contributed by atoms with Crippen molar-refractivity contribution in [3.63, 3.8) is 0 Å². The molecule has 0 saturated carbocycles. The Labute approximate surface area is 151 Å². The lowest BCUT2D eigenvalue weighted by atomic mass is 10.1. The number of nitrogens with two attached hydrogens (primary N) is 2.